The Kier molecular flexibility index (Phi) is 7.09. The molecule has 0 unspecified atom stereocenters. The van der Waals surface area contributed by atoms with Gasteiger partial charge in [-0.2, -0.15) is 0 Å². The molecule has 1 amide bonds. The lowest BCUT2D eigenvalue weighted by Crippen LogP contribution is -2.41. The van der Waals surface area contributed by atoms with Gasteiger partial charge in [0.2, 0.25) is 0 Å². The van der Waals surface area contributed by atoms with Crippen molar-refractivity contribution >= 4 is 6.09 Å². The van der Waals surface area contributed by atoms with Gasteiger partial charge in [0.25, 0.3) is 0 Å². The fourth-order valence-corrected chi connectivity index (χ4v) is 3.28. The van der Waals surface area contributed by atoms with Crippen molar-refractivity contribution < 1.29 is 9.53 Å². The first kappa shape index (κ1) is 20.7. The molecule has 1 aliphatic heterocycles. The van der Waals surface area contributed by atoms with Crippen molar-refractivity contribution in [2.45, 2.75) is 84.9 Å². The molecule has 1 aromatic heterocycles. The van der Waals surface area contributed by atoms with Gasteiger partial charge >= 0.3 is 6.09 Å². The monoisotopic (exact) mass is 364 g/mol. The van der Waals surface area contributed by atoms with Gasteiger partial charge in [0.1, 0.15) is 11.4 Å². The number of imidazole rings is 1. The summed E-state index contributed by atoms with van der Waals surface area (Å²) in [7, 11) is 0. The summed E-state index contributed by atoms with van der Waals surface area (Å²) in [4.78, 5) is 19.0. The number of nitrogens with one attached hydrogen (secondary N) is 1. The van der Waals surface area contributed by atoms with Crippen LogP contribution in [0, 0.1) is 0 Å². The Bertz CT molecular complexity index is 581. The molecule has 1 aliphatic rings. The van der Waals surface area contributed by atoms with E-state index in [-0.39, 0.29) is 6.09 Å². The molecule has 148 valence electrons. The second kappa shape index (κ2) is 8.89. The quantitative estimate of drug-likeness (QED) is 0.838. The lowest BCUT2D eigenvalue weighted by molar-refractivity contribution is 0.0202. The highest BCUT2D eigenvalue weighted by atomic mass is 16.6. The van der Waals surface area contributed by atoms with Crippen LogP contribution in [0.25, 0.3) is 0 Å². The lowest BCUT2D eigenvalue weighted by atomic mass is 9.96. The molecule has 6 heteroatoms. The number of carbonyl (C=O) groups is 1. The van der Waals surface area contributed by atoms with E-state index in [0.717, 1.165) is 51.1 Å². The minimum atomic E-state index is -0.441. The largest absolute Gasteiger partial charge is 0.444 e. The third kappa shape index (κ3) is 6.01. The average molecular weight is 365 g/mol. The Balaban J connectivity index is 1.97. The molecule has 0 saturated carbocycles. The summed E-state index contributed by atoms with van der Waals surface area (Å²) in [6.07, 6.45) is 4.83. The van der Waals surface area contributed by atoms with Gasteiger partial charge in [-0.3, -0.25) is 0 Å². The standard InChI is InChI=1S/C20H36N4O2/c1-7-17-14-24(13-10-21-15(2)3)18(22-17)16-8-11-23(12-9-16)19(25)26-20(4,5)6/h14-16,21H,7-13H2,1-6H3. The molecule has 2 rings (SSSR count). The predicted octanol–water partition coefficient (Wildman–Crippen LogP) is 3.56. The first-order valence-electron chi connectivity index (χ1n) is 9.97. The van der Waals surface area contributed by atoms with E-state index in [1.54, 1.807) is 0 Å². The lowest BCUT2D eigenvalue weighted by Gasteiger charge is -2.33. The maximum Gasteiger partial charge on any atom is 0.410 e. The molecule has 1 aromatic rings. The van der Waals surface area contributed by atoms with Crippen LogP contribution < -0.4 is 5.32 Å². The van der Waals surface area contributed by atoms with Gasteiger partial charge in [0.05, 0.1) is 5.69 Å². The molecule has 1 N–H and O–H groups in total. The summed E-state index contributed by atoms with van der Waals surface area (Å²) in [5.41, 5.74) is 0.711. The number of rotatable bonds is 6. The van der Waals surface area contributed by atoms with E-state index < -0.39 is 5.60 Å². The van der Waals surface area contributed by atoms with E-state index >= 15 is 0 Å². The van der Waals surface area contributed by atoms with Crippen LogP contribution in [0.15, 0.2) is 6.20 Å². The van der Waals surface area contributed by atoms with Crippen LogP contribution in [0.5, 0.6) is 0 Å². The Labute approximate surface area is 158 Å². The number of hydrogen-bond donors (Lipinski definition) is 1. The predicted molar refractivity (Wildman–Crippen MR) is 105 cm³/mol. The SMILES string of the molecule is CCc1cn(CCNC(C)C)c(C2CCN(C(=O)OC(C)(C)C)CC2)n1. The van der Waals surface area contributed by atoms with Crippen LogP contribution in [0.3, 0.4) is 0 Å². The molecule has 1 fully saturated rings. The molecule has 0 bridgehead atoms. The highest BCUT2D eigenvalue weighted by Crippen LogP contribution is 2.28. The normalized spacial score (nSPS) is 16.3. The second-order valence-corrected chi connectivity index (χ2v) is 8.49. The van der Waals surface area contributed by atoms with Gasteiger partial charge in [0.15, 0.2) is 0 Å². The second-order valence-electron chi connectivity index (χ2n) is 8.49. The number of likely N-dealkylation sites (tertiary alicyclic amines) is 1. The summed E-state index contributed by atoms with van der Waals surface area (Å²) in [5.74, 6) is 1.59. The van der Waals surface area contributed by atoms with E-state index in [1.165, 1.54) is 5.82 Å². The van der Waals surface area contributed by atoms with E-state index in [0.29, 0.717) is 12.0 Å². The first-order valence-corrected chi connectivity index (χ1v) is 9.97. The zero-order valence-corrected chi connectivity index (χ0v) is 17.3. The third-order valence-corrected chi connectivity index (χ3v) is 4.64. The fourth-order valence-electron chi connectivity index (χ4n) is 3.28. The number of aryl methyl sites for hydroxylation is 1. The maximum atomic E-state index is 12.3. The first-order chi connectivity index (χ1) is 12.2. The summed E-state index contributed by atoms with van der Waals surface area (Å²) in [6.45, 7) is 15.6. The molecule has 0 aromatic carbocycles. The van der Waals surface area contributed by atoms with E-state index in [9.17, 15) is 4.79 Å². The Morgan fingerprint density at radius 2 is 2.00 bits per heavy atom. The van der Waals surface area contributed by atoms with Gasteiger partial charge in [-0.05, 0) is 40.0 Å². The molecule has 26 heavy (non-hydrogen) atoms. The molecule has 1 saturated heterocycles. The third-order valence-electron chi connectivity index (χ3n) is 4.64. The highest BCUT2D eigenvalue weighted by Gasteiger charge is 2.29. The highest BCUT2D eigenvalue weighted by molar-refractivity contribution is 5.68. The van der Waals surface area contributed by atoms with Crippen LogP contribution in [0.1, 0.15) is 71.8 Å². The Morgan fingerprint density at radius 3 is 2.54 bits per heavy atom. The number of nitrogens with zero attached hydrogens (tertiary/aromatic N) is 3. The summed E-state index contributed by atoms with van der Waals surface area (Å²) < 4.78 is 7.80. The number of hydrogen-bond acceptors (Lipinski definition) is 4. The molecule has 0 aliphatic carbocycles. The molecule has 2 heterocycles. The molecule has 6 nitrogen and oxygen atoms in total. The van der Waals surface area contributed by atoms with Crippen LogP contribution in [-0.4, -0.2) is 51.8 Å². The minimum Gasteiger partial charge on any atom is -0.444 e. The number of carbonyl (C=O) groups excluding carboxylic acids is 1. The van der Waals surface area contributed by atoms with Crippen LogP contribution in [0.2, 0.25) is 0 Å². The van der Waals surface area contributed by atoms with Gasteiger partial charge in [-0.15, -0.1) is 0 Å². The smallest absolute Gasteiger partial charge is 0.410 e. The Morgan fingerprint density at radius 1 is 1.35 bits per heavy atom. The zero-order chi connectivity index (χ0) is 19.3. The van der Waals surface area contributed by atoms with Crippen molar-refractivity contribution in [3.05, 3.63) is 17.7 Å². The molecular formula is C20H36N4O2. The molecule has 0 radical (unpaired) electrons. The van der Waals surface area contributed by atoms with Crippen molar-refractivity contribution in [3.8, 4) is 0 Å². The van der Waals surface area contributed by atoms with Gasteiger partial charge in [-0.1, -0.05) is 20.8 Å². The zero-order valence-electron chi connectivity index (χ0n) is 17.3. The molecule has 0 spiro atoms. The van der Waals surface area contributed by atoms with E-state index in [4.69, 9.17) is 9.72 Å². The number of aromatic nitrogens is 2. The van der Waals surface area contributed by atoms with E-state index in [1.807, 2.05) is 25.7 Å². The van der Waals surface area contributed by atoms with Crippen molar-refractivity contribution in [1.82, 2.24) is 19.8 Å². The Hall–Kier alpha value is -1.56. The molecule has 0 atom stereocenters. The number of ether oxygens (including phenoxy) is 1. The van der Waals surface area contributed by atoms with Crippen molar-refractivity contribution in [2.24, 2.45) is 0 Å². The topological polar surface area (TPSA) is 59.4 Å². The molecular weight excluding hydrogens is 328 g/mol. The summed E-state index contributed by atoms with van der Waals surface area (Å²) in [6, 6.07) is 0.490. The van der Waals surface area contributed by atoms with Crippen LogP contribution in [0.4, 0.5) is 4.79 Å². The van der Waals surface area contributed by atoms with Gasteiger partial charge in [0, 0.05) is 44.3 Å². The maximum absolute atomic E-state index is 12.3. The van der Waals surface area contributed by atoms with Crippen molar-refractivity contribution in [3.63, 3.8) is 0 Å². The summed E-state index contributed by atoms with van der Waals surface area (Å²) in [5, 5.41) is 3.48. The van der Waals surface area contributed by atoms with Crippen molar-refractivity contribution in [1.29, 1.82) is 0 Å². The minimum absolute atomic E-state index is 0.199. The van der Waals surface area contributed by atoms with Crippen LogP contribution >= 0.6 is 0 Å². The number of piperidine rings is 1. The van der Waals surface area contributed by atoms with Gasteiger partial charge < -0.3 is 19.5 Å². The van der Waals surface area contributed by atoms with E-state index in [2.05, 4.69) is 36.9 Å². The summed E-state index contributed by atoms with van der Waals surface area (Å²) >= 11 is 0. The average Bonchev–Trinajstić information content (AvgIpc) is 2.96. The number of amides is 1. The van der Waals surface area contributed by atoms with Gasteiger partial charge in [-0.25, -0.2) is 9.78 Å². The van der Waals surface area contributed by atoms with Crippen LogP contribution in [-0.2, 0) is 17.7 Å². The van der Waals surface area contributed by atoms with Crippen molar-refractivity contribution in [2.75, 3.05) is 19.6 Å². The fraction of sp³-hybridized carbons (Fsp3) is 0.800.